The first-order valence-corrected chi connectivity index (χ1v) is 7.15. The Morgan fingerprint density at radius 1 is 1.24 bits per heavy atom. The second-order valence-corrected chi connectivity index (χ2v) is 5.50. The number of rotatable bonds is 5. The van der Waals surface area contributed by atoms with Crippen molar-refractivity contribution in [2.75, 3.05) is 0 Å². The monoisotopic (exact) mass is 324 g/mol. The van der Waals surface area contributed by atoms with E-state index in [1.54, 1.807) is 12.1 Å². The van der Waals surface area contributed by atoms with Crippen LogP contribution in [-0.2, 0) is 6.54 Å². The molecule has 0 bridgehead atoms. The predicted octanol–water partition coefficient (Wildman–Crippen LogP) is 4.75. The summed E-state index contributed by atoms with van der Waals surface area (Å²) in [4.78, 5) is 10.6. The van der Waals surface area contributed by atoms with Gasteiger partial charge in [-0.1, -0.05) is 41.4 Å². The van der Waals surface area contributed by atoms with E-state index in [2.05, 4.69) is 5.32 Å². The molecule has 2 rings (SSSR count). The summed E-state index contributed by atoms with van der Waals surface area (Å²) in [6.45, 7) is 2.32. The van der Waals surface area contributed by atoms with Gasteiger partial charge in [0.05, 0.1) is 4.92 Å². The van der Waals surface area contributed by atoms with Crippen molar-refractivity contribution in [1.82, 2.24) is 5.32 Å². The van der Waals surface area contributed by atoms with Crippen LogP contribution in [0, 0.1) is 10.1 Å². The molecule has 0 saturated carbocycles. The topological polar surface area (TPSA) is 55.2 Å². The Morgan fingerprint density at radius 2 is 1.95 bits per heavy atom. The van der Waals surface area contributed by atoms with E-state index >= 15 is 0 Å². The number of halogens is 2. The van der Waals surface area contributed by atoms with E-state index in [4.69, 9.17) is 23.2 Å². The highest BCUT2D eigenvalue weighted by atomic mass is 35.5. The molecule has 0 aliphatic heterocycles. The van der Waals surface area contributed by atoms with Crippen molar-refractivity contribution in [3.63, 3.8) is 0 Å². The standard InChI is InChI=1S/C15H14Cl2N2O2/c1-10(13-4-2-3-5-14(13)17)18-9-11-6-7-12(16)8-15(11)19(20)21/h2-8,10,18H,9H2,1H3/t10-/m0/s1. The average molecular weight is 325 g/mol. The number of nitrogens with zero attached hydrogens (tertiary/aromatic N) is 1. The summed E-state index contributed by atoms with van der Waals surface area (Å²) in [5.41, 5.74) is 1.56. The zero-order valence-electron chi connectivity index (χ0n) is 11.3. The quantitative estimate of drug-likeness (QED) is 0.637. The number of hydrogen-bond acceptors (Lipinski definition) is 3. The minimum Gasteiger partial charge on any atom is -0.306 e. The van der Waals surface area contributed by atoms with E-state index in [1.807, 2.05) is 31.2 Å². The lowest BCUT2D eigenvalue weighted by Crippen LogP contribution is -2.19. The highest BCUT2D eigenvalue weighted by molar-refractivity contribution is 6.31. The third kappa shape index (κ3) is 3.94. The first-order chi connectivity index (χ1) is 9.99. The normalized spacial score (nSPS) is 12.1. The van der Waals surface area contributed by atoms with Gasteiger partial charge in [0.15, 0.2) is 0 Å². The van der Waals surface area contributed by atoms with Gasteiger partial charge in [0.2, 0.25) is 0 Å². The molecule has 0 aliphatic carbocycles. The molecular weight excluding hydrogens is 311 g/mol. The van der Waals surface area contributed by atoms with Crippen LogP contribution >= 0.6 is 23.2 Å². The molecule has 0 fully saturated rings. The molecule has 0 unspecified atom stereocenters. The van der Waals surface area contributed by atoms with E-state index < -0.39 is 4.92 Å². The van der Waals surface area contributed by atoms with Crippen LogP contribution in [-0.4, -0.2) is 4.92 Å². The van der Waals surface area contributed by atoms with Crippen molar-refractivity contribution >= 4 is 28.9 Å². The summed E-state index contributed by atoms with van der Waals surface area (Å²) >= 11 is 11.9. The summed E-state index contributed by atoms with van der Waals surface area (Å²) in [7, 11) is 0. The van der Waals surface area contributed by atoms with Crippen LogP contribution in [0.15, 0.2) is 42.5 Å². The maximum Gasteiger partial charge on any atom is 0.275 e. The fourth-order valence-electron chi connectivity index (χ4n) is 2.06. The molecule has 21 heavy (non-hydrogen) atoms. The van der Waals surface area contributed by atoms with Crippen molar-refractivity contribution in [2.45, 2.75) is 19.5 Å². The lowest BCUT2D eigenvalue weighted by Gasteiger charge is -2.15. The Morgan fingerprint density at radius 3 is 2.62 bits per heavy atom. The Balaban J connectivity index is 2.13. The van der Waals surface area contributed by atoms with E-state index in [9.17, 15) is 10.1 Å². The Hall–Kier alpha value is -1.62. The largest absolute Gasteiger partial charge is 0.306 e. The van der Waals surface area contributed by atoms with Crippen LogP contribution in [0.25, 0.3) is 0 Å². The summed E-state index contributed by atoms with van der Waals surface area (Å²) in [6, 6.07) is 12.2. The maximum absolute atomic E-state index is 11.0. The molecule has 6 heteroatoms. The van der Waals surface area contributed by atoms with Gasteiger partial charge in [-0.05, 0) is 30.7 Å². The van der Waals surface area contributed by atoms with Crippen LogP contribution in [0.2, 0.25) is 10.0 Å². The van der Waals surface area contributed by atoms with E-state index in [-0.39, 0.29) is 11.7 Å². The fraction of sp³-hybridized carbons (Fsp3) is 0.200. The lowest BCUT2D eigenvalue weighted by molar-refractivity contribution is -0.385. The Labute approximate surface area is 132 Å². The van der Waals surface area contributed by atoms with Gasteiger partial charge in [0.1, 0.15) is 0 Å². The Kier molecular flexibility index (Phi) is 5.17. The molecule has 2 aromatic rings. The molecule has 0 aliphatic rings. The van der Waals surface area contributed by atoms with Gasteiger partial charge in [0, 0.05) is 34.3 Å². The van der Waals surface area contributed by atoms with Crippen LogP contribution in [0.3, 0.4) is 0 Å². The van der Waals surface area contributed by atoms with Gasteiger partial charge in [0.25, 0.3) is 5.69 Å². The van der Waals surface area contributed by atoms with E-state index in [1.165, 1.54) is 6.07 Å². The van der Waals surface area contributed by atoms with E-state index in [0.717, 1.165) is 5.56 Å². The van der Waals surface area contributed by atoms with Crippen LogP contribution in [0.4, 0.5) is 5.69 Å². The number of hydrogen-bond donors (Lipinski definition) is 1. The minimum absolute atomic E-state index is 0.0151. The summed E-state index contributed by atoms with van der Waals surface area (Å²) in [6.07, 6.45) is 0. The van der Waals surface area contributed by atoms with Crippen LogP contribution < -0.4 is 5.32 Å². The molecule has 0 heterocycles. The van der Waals surface area contributed by atoms with Crippen molar-refractivity contribution in [2.24, 2.45) is 0 Å². The second-order valence-electron chi connectivity index (χ2n) is 4.65. The van der Waals surface area contributed by atoms with Crippen molar-refractivity contribution < 1.29 is 4.92 Å². The molecule has 0 radical (unpaired) electrons. The second kappa shape index (κ2) is 6.89. The highest BCUT2D eigenvalue weighted by Gasteiger charge is 2.15. The van der Waals surface area contributed by atoms with Gasteiger partial charge < -0.3 is 5.32 Å². The first-order valence-electron chi connectivity index (χ1n) is 6.39. The maximum atomic E-state index is 11.0. The third-order valence-corrected chi connectivity index (χ3v) is 3.79. The van der Waals surface area contributed by atoms with Crippen molar-refractivity contribution in [1.29, 1.82) is 0 Å². The van der Waals surface area contributed by atoms with Crippen molar-refractivity contribution in [3.8, 4) is 0 Å². The molecular formula is C15H14Cl2N2O2. The van der Waals surface area contributed by atoms with Crippen LogP contribution in [0.5, 0.6) is 0 Å². The molecule has 2 aromatic carbocycles. The highest BCUT2D eigenvalue weighted by Crippen LogP contribution is 2.25. The summed E-state index contributed by atoms with van der Waals surface area (Å²) in [5, 5.41) is 15.3. The van der Waals surface area contributed by atoms with Gasteiger partial charge >= 0.3 is 0 Å². The lowest BCUT2D eigenvalue weighted by atomic mass is 10.1. The molecule has 0 amide bonds. The number of benzene rings is 2. The average Bonchev–Trinajstić information content (AvgIpc) is 2.46. The number of nitrogens with one attached hydrogen (secondary N) is 1. The van der Waals surface area contributed by atoms with Gasteiger partial charge in [-0.25, -0.2) is 0 Å². The van der Waals surface area contributed by atoms with Crippen molar-refractivity contribution in [3.05, 3.63) is 73.8 Å². The van der Waals surface area contributed by atoms with Gasteiger partial charge in [-0.15, -0.1) is 0 Å². The first kappa shape index (κ1) is 15.8. The number of nitro groups is 1. The minimum atomic E-state index is -0.428. The molecule has 0 aromatic heterocycles. The van der Waals surface area contributed by atoms with Gasteiger partial charge in [-0.3, -0.25) is 10.1 Å². The van der Waals surface area contributed by atoms with Crippen LogP contribution in [0.1, 0.15) is 24.1 Å². The molecule has 0 spiro atoms. The smallest absolute Gasteiger partial charge is 0.275 e. The molecule has 1 atom stereocenters. The zero-order chi connectivity index (χ0) is 15.4. The zero-order valence-corrected chi connectivity index (χ0v) is 12.9. The molecule has 0 saturated heterocycles. The van der Waals surface area contributed by atoms with Gasteiger partial charge in [-0.2, -0.15) is 0 Å². The fourth-order valence-corrected chi connectivity index (χ4v) is 2.52. The third-order valence-electron chi connectivity index (χ3n) is 3.21. The molecule has 4 nitrogen and oxygen atoms in total. The summed E-state index contributed by atoms with van der Waals surface area (Å²) in [5.74, 6) is 0. The predicted molar refractivity (Wildman–Crippen MR) is 84.8 cm³/mol. The summed E-state index contributed by atoms with van der Waals surface area (Å²) < 4.78 is 0. The SMILES string of the molecule is C[C@H](NCc1ccc(Cl)cc1[N+](=O)[O-])c1ccccc1Cl. The Bertz CT molecular complexity index is 662. The molecule has 110 valence electrons. The molecule has 1 N–H and O–H groups in total. The van der Waals surface area contributed by atoms with E-state index in [0.29, 0.717) is 22.2 Å². The number of nitro benzene ring substituents is 1.